The largest absolute Gasteiger partial charge is 0.290 e. The lowest BCUT2D eigenvalue weighted by Gasteiger charge is -2.00. The number of hydrogen-bond donors (Lipinski definition) is 0. The van der Waals surface area contributed by atoms with Crippen molar-refractivity contribution in [3.63, 3.8) is 0 Å². The normalized spacial score (nSPS) is 15.5. The highest BCUT2D eigenvalue weighted by atomic mass is 16.1. The van der Waals surface area contributed by atoms with Gasteiger partial charge in [-0.2, -0.15) is 0 Å². The number of carbonyl (C=O) groups is 2. The van der Waals surface area contributed by atoms with Crippen LogP contribution in [0.3, 0.4) is 0 Å². The van der Waals surface area contributed by atoms with Crippen LogP contribution in [0.1, 0.15) is 20.3 Å². The maximum Gasteiger partial charge on any atom is 0.178 e. The van der Waals surface area contributed by atoms with Gasteiger partial charge in [-0.25, -0.2) is 0 Å². The van der Waals surface area contributed by atoms with Gasteiger partial charge in [-0.05, 0) is 66.9 Å². The Bertz CT molecular complexity index is 1210. The zero-order valence-electron chi connectivity index (χ0n) is 20.2. The zero-order valence-corrected chi connectivity index (χ0v) is 20.2. The van der Waals surface area contributed by atoms with E-state index >= 15 is 0 Å². The van der Waals surface area contributed by atoms with E-state index in [0.717, 1.165) is 28.7 Å². The van der Waals surface area contributed by atoms with Crippen molar-refractivity contribution in [2.75, 3.05) is 0 Å². The van der Waals surface area contributed by atoms with Gasteiger partial charge in [-0.15, -0.1) is 12.8 Å². The van der Waals surface area contributed by atoms with Crippen molar-refractivity contribution < 1.29 is 9.59 Å². The van der Waals surface area contributed by atoms with E-state index in [1.54, 1.807) is 56.4 Å². The van der Waals surface area contributed by atoms with E-state index in [-0.39, 0.29) is 11.6 Å². The third-order valence-corrected chi connectivity index (χ3v) is 4.39. The maximum absolute atomic E-state index is 11.8. The summed E-state index contributed by atoms with van der Waals surface area (Å²) in [5.41, 5.74) is 3.78. The molecule has 174 valence electrons. The molecule has 1 rings (SSSR count). The molecule has 2 nitrogen and oxygen atoms in total. The van der Waals surface area contributed by atoms with Gasteiger partial charge in [0, 0.05) is 0 Å². The van der Waals surface area contributed by atoms with Crippen LogP contribution in [0, 0.1) is 24.7 Å². The molecular formula is C33H30O2. The van der Waals surface area contributed by atoms with Crippen LogP contribution in [-0.4, -0.2) is 11.6 Å². The molecule has 0 atom stereocenters. The fourth-order valence-corrected chi connectivity index (χ4v) is 2.51. The number of hydrogen-bond acceptors (Lipinski definition) is 2. The molecule has 2 heteroatoms. The summed E-state index contributed by atoms with van der Waals surface area (Å²) in [6, 6.07) is 0. The second-order valence-corrected chi connectivity index (χ2v) is 7.38. The summed E-state index contributed by atoms with van der Waals surface area (Å²) in [6.45, 7) is 3.61. The highest BCUT2D eigenvalue weighted by Crippen LogP contribution is 2.17. The molecule has 0 aromatic carbocycles. The molecule has 0 aliphatic heterocycles. The average molecular weight is 459 g/mol. The summed E-state index contributed by atoms with van der Waals surface area (Å²) in [4.78, 5) is 23.5. The summed E-state index contributed by atoms with van der Waals surface area (Å²) >= 11 is 0. The van der Waals surface area contributed by atoms with E-state index < -0.39 is 0 Å². The maximum atomic E-state index is 11.8. The quantitative estimate of drug-likeness (QED) is 0.190. The first-order chi connectivity index (χ1) is 16.9. The summed E-state index contributed by atoms with van der Waals surface area (Å²) in [7, 11) is 0. The summed E-state index contributed by atoms with van der Waals surface area (Å²) < 4.78 is 0. The average Bonchev–Trinajstić information content (AvgIpc) is 3.08. The van der Waals surface area contributed by atoms with Crippen molar-refractivity contribution in [3.8, 4) is 24.7 Å². The Hall–Kier alpha value is -4.66. The van der Waals surface area contributed by atoms with Crippen LogP contribution in [-0.2, 0) is 9.59 Å². The first-order valence-corrected chi connectivity index (χ1v) is 11.1. The molecule has 0 aromatic heterocycles. The molecule has 1 aliphatic carbocycles. The van der Waals surface area contributed by atoms with E-state index in [9.17, 15) is 9.59 Å². The third-order valence-electron chi connectivity index (χ3n) is 4.39. The summed E-state index contributed by atoms with van der Waals surface area (Å²) in [6.07, 6.45) is 46.8. The van der Waals surface area contributed by atoms with Crippen LogP contribution in [0.15, 0.2) is 144 Å². The second kappa shape index (κ2) is 17.8. The predicted molar refractivity (Wildman–Crippen MR) is 149 cm³/mol. The molecule has 0 amide bonds. The van der Waals surface area contributed by atoms with Crippen LogP contribution in [0.4, 0.5) is 0 Å². The van der Waals surface area contributed by atoms with Gasteiger partial charge in [0.25, 0.3) is 0 Å². The number of ketones is 2. The summed E-state index contributed by atoms with van der Waals surface area (Å²) in [5, 5.41) is 0. The Morgan fingerprint density at radius 2 is 1.06 bits per heavy atom. The van der Waals surface area contributed by atoms with Gasteiger partial charge in [-0.3, -0.25) is 9.59 Å². The van der Waals surface area contributed by atoms with E-state index in [4.69, 9.17) is 12.8 Å². The highest BCUT2D eigenvalue weighted by Gasteiger charge is 1.98. The topological polar surface area (TPSA) is 34.1 Å². The standard InChI is InChI=1S/C33H30O2/c1-5-28(3)17-15-25-32(34)23-10-8-7-9-19-30-20-11-12-21-31(27-30)22-13-14-24-33(35)26-16-18-29(4)6-2/h1-2,7-26H,27H2,3-4H3/b8-7+,19-9+,22-13+,23-10+,24-14+,25-15+,26-16+,28-17-,29-18-. The Morgan fingerprint density at radius 3 is 1.54 bits per heavy atom. The Balaban J connectivity index is 2.56. The van der Waals surface area contributed by atoms with E-state index in [1.165, 1.54) is 24.3 Å². The van der Waals surface area contributed by atoms with Crippen molar-refractivity contribution in [3.05, 3.63) is 144 Å². The smallest absolute Gasteiger partial charge is 0.178 e. The molecule has 0 bridgehead atoms. The van der Waals surface area contributed by atoms with Gasteiger partial charge in [0.15, 0.2) is 11.6 Å². The van der Waals surface area contributed by atoms with Gasteiger partial charge in [-0.1, -0.05) is 109 Å². The first kappa shape index (κ1) is 28.4. The minimum Gasteiger partial charge on any atom is -0.290 e. The lowest BCUT2D eigenvalue weighted by Crippen LogP contribution is -1.84. The molecule has 0 unspecified atom stereocenters. The lowest BCUT2D eigenvalue weighted by molar-refractivity contribution is -0.111. The van der Waals surface area contributed by atoms with Crippen molar-refractivity contribution in [1.29, 1.82) is 0 Å². The minimum atomic E-state index is -0.111. The minimum absolute atomic E-state index is 0.108. The Morgan fingerprint density at radius 1 is 0.657 bits per heavy atom. The Kier molecular flexibility index (Phi) is 14.5. The molecule has 0 spiro atoms. The number of allylic oxidation sites excluding steroid dienone is 24. The summed E-state index contributed by atoms with van der Waals surface area (Å²) in [5.74, 6) is 4.76. The lowest BCUT2D eigenvalue weighted by atomic mass is 10.0. The molecule has 0 N–H and O–H groups in total. The Labute approximate surface area is 209 Å². The number of carbonyl (C=O) groups excluding carboxylic acids is 2. The van der Waals surface area contributed by atoms with Gasteiger partial charge in [0.05, 0.1) is 0 Å². The van der Waals surface area contributed by atoms with Gasteiger partial charge in [0.2, 0.25) is 0 Å². The molecule has 0 saturated heterocycles. The third kappa shape index (κ3) is 14.9. The second-order valence-electron chi connectivity index (χ2n) is 7.38. The first-order valence-electron chi connectivity index (χ1n) is 11.1. The van der Waals surface area contributed by atoms with Crippen LogP contribution >= 0.6 is 0 Å². The zero-order chi connectivity index (χ0) is 25.7. The van der Waals surface area contributed by atoms with Crippen LogP contribution < -0.4 is 0 Å². The van der Waals surface area contributed by atoms with Crippen LogP contribution in [0.25, 0.3) is 0 Å². The molecule has 0 aromatic rings. The van der Waals surface area contributed by atoms with Crippen molar-refractivity contribution in [1.82, 2.24) is 0 Å². The number of terminal acetylenes is 2. The molecule has 0 fully saturated rings. The van der Waals surface area contributed by atoms with Gasteiger partial charge < -0.3 is 0 Å². The van der Waals surface area contributed by atoms with Crippen LogP contribution in [0.5, 0.6) is 0 Å². The van der Waals surface area contributed by atoms with Crippen LogP contribution in [0.2, 0.25) is 0 Å². The molecule has 0 radical (unpaired) electrons. The van der Waals surface area contributed by atoms with Gasteiger partial charge >= 0.3 is 0 Å². The molecule has 1 aliphatic rings. The van der Waals surface area contributed by atoms with Gasteiger partial charge in [0.1, 0.15) is 0 Å². The predicted octanol–water partition coefficient (Wildman–Crippen LogP) is 6.99. The fourth-order valence-electron chi connectivity index (χ4n) is 2.51. The van der Waals surface area contributed by atoms with Crippen molar-refractivity contribution in [2.45, 2.75) is 20.3 Å². The molecule has 0 saturated carbocycles. The van der Waals surface area contributed by atoms with Crippen molar-refractivity contribution >= 4 is 11.6 Å². The van der Waals surface area contributed by atoms with E-state index in [0.29, 0.717) is 0 Å². The fraction of sp³-hybridized carbons (Fsp3) is 0.0909. The monoisotopic (exact) mass is 458 g/mol. The molecule has 35 heavy (non-hydrogen) atoms. The van der Waals surface area contributed by atoms with E-state index in [2.05, 4.69) is 11.8 Å². The van der Waals surface area contributed by atoms with Crippen molar-refractivity contribution in [2.24, 2.45) is 0 Å². The molecule has 0 heterocycles. The van der Waals surface area contributed by atoms with E-state index in [1.807, 2.05) is 54.7 Å². The number of rotatable bonds is 11. The highest BCUT2D eigenvalue weighted by molar-refractivity contribution is 5.99. The molecular weight excluding hydrogens is 428 g/mol. The SMILES string of the molecule is C#C/C(C)=C\C=C\C(=O)/C=C/C=C/C=C/C1=CC=CC=C(/C=C/C=C/C(=O)/C=C/C=C(/C)C#C)C1.